The van der Waals surface area contributed by atoms with Crippen LogP contribution in [-0.2, 0) is 0 Å². The highest BCUT2D eigenvalue weighted by Crippen LogP contribution is 2.29. The van der Waals surface area contributed by atoms with Crippen LogP contribution in [0.15, 0.2) is 24.3 Å². The zero-order chi connectivity index (χ0) is 18.2. The zero-order valence-corrected chi connectivity index (χ0v) is 15.8. The predicted molar refractivity (Wildman–Crippen MR) is 98.2 cm³/mol. The number of nitrogens with zero attached hydrogens (tertiary/aromatic N) is 3. The molecule has 3 rings (SSSR count). The quantitative estimate of drug-likeness (QED) is 0.841. The Hall–Kier alpha value is -1.46. The van der Waals surface area contributed by atoms with Gasteiger partial charge >= 0.3 is 0 Å². The molecule has 25 heavy (non-hydrogen) atoms. The van der Waals surface area contributed by atoms with Gasteiger partial charge in [-0.25, -0.2) is 4.39 Å². The highest BCUT2D eigenvalue weighted by Gasteiger charge is 2.43. The van der Waals surface area contributed by atoms with Crippen LogP contribution in [-0.4, -0.2) is 71.5 Å². The van der Waals surface area contributed by atoms with Crippen LogP contribution in [0.2, 0.25) is 0 Å². The first kappa shape index (κ1) is 18.3. The van der Waals surface area contributed by atoms with Crippen molar-refractivity contribution in [1.82, 2.24) is 14.7 Å². The number of carbonyl (C=O) groups excluding carboxylic acids is 1. The summed E-state index contributed by atoms with van der Waals surface area (Å²) in [5, 5.41) is 0. The van der Waals surface area contributed by atoms with Gasteiger partial charge in [0.15, 0.2) is 0 Å². The van der Waals surface area contributed by atoms with Gasteiger partial charge in [-0.1, -0.05) is 26.0 Å². The van der Waals surface area contributed by atoms with Crippen molar-refractivity contribution < 1.29 is 9.18 Å². The Morgan fingerprint density at radius 1 is 1.24 bits per heavy atom. The van der Waals surface area contributed by atoms with Gasteiger partial charge in [0, 0.05) is 50.8 Å². The first-order chi connectivity index (χ1) is 11.8. The van der Waals surface area contributed by atoms with Crippen molar-refractivity contribution >= 4 is 5.91 Å². The van der Waals surface area contributed by atoms with Gasteiger partial charge in [-0.3, -0.25) is 14.6 Å². The number of hydrogen-bond donors (Lipinski definition) is 0. The maximum absolute atomic E-state index is 14.0. The van der Waals surface area contributed by atoms with Crippen LogP contribution < -0.4 is 0 Å². The summed E-state index contributed by atoms with van der Waals surface area (Å²) in [6.45, 7) is 14.4. The zero-order valence-electron chi connectivity index (χ0n) is 15.8. The molecule has 2 saturated heterocycles. The van der Waals surface area contributed by atoms with Gasteiger partial charge in [-0.15, -0.1) is 0 Å². The molecule has 0 saturated carbocycles. The lowest BCUT2D eigenvalue weighted by Gasteiger charge is -2.55. The van der Waals surface area contributed by atoms with Crippen molar-refractivity contribution in [2.75, 3.05) is 39.3 Å². The van der Waals surface area contributed by atoms with Crippen molar-refractivity contribution in [2.45, 2.75) is 39.3 Å². The van der Waals surface area contributed by atoms with Gasteiger partial charge in [-0.05, 0) is 31.9 Å². The Morgan fingerprint density at radius 3 is 2.64 bits per heavy atom. The Kier molecular flexibility index (Phi) is 5.16. The van der Waals surface area contributed by atoms with Crippen LogP contribution in [0.5, 0.6) is 0 Å². The summed E-state index contributed by atoms with van der Waals surface area (Å²) in [5.74, 6) is 0.0129. The van der Waals surface area contributed by atoms with Gasteiger partial charge in [0.1, 0.15) is 5.82 Å². The maximum Gasteiger partial charge on any atom is 0.256 e. The number of fused-ring (bicyclic) bond motifs is 1. The molecule has 1 atom stereocenters. The fourth-order valence-electron chi connectivity index (χ4n) is 4.45. The number of halogens is 1. The summed E-state index contributed by atoms with van der Waals surface area (Å²) >= 11 is 0. The third-order valence-electron chi connectivity index (χ3n) is 5.35. The Labute approximate surface area is 150 Å². The summed E-state index contributed by atoms with van der Waals surface area (Å²) in [6.07, 6.45) is 0. The first-order valence-electron chi connectivity index (χ1n) is 9.31. The van der Waals surface area contributed by atoms with Gasteiger partial charge < -0.3 is 4.90 Å². The van der Waals surface area contributed by atoms with E-state index in [0.29, 0.717) is 25.0 Å². The molecule has 5 heteroatoms. The van der Waals surface area contributed by atoms with Crippen molar-refractivity contribution in [3.8, 4) is 0 Å². The number of benzene rings is 1. The minimum absolute atomic E-state index is 0.102. The summed E-state index contributed by atoms with van der Waals surface area (Å²) in [5.41, 5.74) is 0.287. The SMILES string of the molecule is CC(C)CN1C[C@@H]2CN(C(=O)c3ccccc3F)CCN2C(C)(C)C1. The van der Waals surface area contributed by atoms with Gasteiger partial charge in [0.2, 0.25) is 0 Å². The summed E-state index contributed by atoms with van der Waals surface area (Å²) in [4.78, 5) is 19.7. The van der Waals surface area contributed by atoms with Crippen molar-refractivity contribution in [3.05, 3.63) is 35.6 Å². The second-order valence-corrected chi connectivity index (χ2v) is 8.48. The smallest absolute Gasteiger partial charge is 0.256 e. The maximum atomic E-state index is 14.0. The fraction of sp³-hybridized carbons (Fsp3) is 0.650. The van der Waals surface area contributed by atoms with Crippen LogP contribution in [0.1, 0.15) is 38.1 Å². The van der Waals surface area contributed by atoms with E-state index in [0.717, 1.165) is 26.2 Å². The molecule has 2 heterocycles. The molecule has 2 aliphatic rings. The topological polar surface area (TPSA) is 26.8 Å². The minimum Gasteiger partial charge on any atom is -0.336 e. The second kappa shape index (κ2) is 7.04. The van der Waals surface area contributed by atoms with E-state index in [9.17, 15) is 9.18 Å². The number of hydrogen-bond acceptors (Lipinski definition) is 3. The van der Waals surface area contributed by atoms with Crippen LogP contribution in [0.25, 0.3) is 0 Å². The van der Waals surface area contributed by atoms with Gasteiger partial charge in [-0.2, -0.15) is 0 Å². The van der Waals surface area contributed by atoms with E-state index < -0.39 is 5.82 Å². The monoisotopic (exact) mass is 347 g/mol. The van der Waals surface area contributed by atoms with Crippen molar-refractivity contribution in [1.29, 1.82) is 0 Å². The van der Waals surface area contributed by atoms with E-state index in [4.69, 9.17) is 0 Å². The predicted octanol–water partition coefficient (Wildman–Crippen LogP) is 2.70. The van der Waals surface area contributed by atoms with Gasteiger partial charge in [0.05, 0.1) is 5.56 Å². The first-order valence-corrected chi connectivity index (χ1v) is 9.31. The number of piperazine rings is 2. The molecule has 1 aromatic rings. The minimum atomic E-state index is -0.430. The normalized spacial score (nSPS) is 24.4. The van der Waals surface area contributed by atoms with Crippen LogP contribution >= 0.6 is 0 Å². The average molecular weight is 347 g/mol. The van der Waals surface area contributed by atoms with Crippen molar-refractivity contribution in [2.24, 2.45) is 5.92 Å². The highest BCUT2D eigenvalue weighted by atomic mass is 19.1. The van der Waals surface area contributed by atoms with E-state index in [-0.39, 0.29) is 17.0 Å². The van der Waals surface area contributed by atoms with Crippen molar-refractivity contribution in [3.63, 3.8) is 0 Å². The van der Waals surface area contributed by atoms with Gasteiger partial charge in [0.25, 0.3) is 5.91 Å². The molecule has 0 bridgehead atoms. The molecule has 138 valence electrons. The Bertz CT molecular complexity index is 631. The number of amides is 1. The standard InChI is InChI=1S/C20H30FN3O/c1-15(2)11-22-12-16-13-23(9-10-24(16)20(3,4)14-22)19(25)17-7-5-6-8-18(17)21/h5-8,15-16H,9-14H2,1-4H3/t16-/m1/s1. The van der Waals surface area contributed by atoms with E-state index in [1.165, 1.54) is 6.07 Å². The largest absolute Gasteiger partial charge is 0.336 e. The average Bonchev–Trinajstić information content (AvgIpc) is 2.53. The second-order valence-electron chi connectivity index (χ2n) is 8.48. The van der Waals surface area contributed by atoms with Crippen LogP contribution in [0.4, 0.5) is 4.39 Å². The molecule has 0 N–H and O–H groups in total. The molecule has 2 aliphatic heterocycles. The molecule has 0 aromatic heterocycles. The molecule has 4 nitrogen and oxygen atoms in total. The molecule has 0 unspecified atom stereocenters. The lowest BCUT2D eigenvalue weighted by molar-refractivity contribution is -0.0613. The highest BCUT2D eigenvalue weighted by molar-refractivity contribution is 5.94. The summed E-state index contributed by atoms with van der Waals surface area (Å²) < 4.78 is 14.0. The molecule has 1 amide bonds. The van der Waals surface area contributed by atoms with Crippen LogP contribution in [0.3, 0.4) is 0 Å². The summed E-state index contributed by atoms with van der Waals surface area (Å²) in [7, 11) is 0. The molecule has 1 aromatic carbocycles. The van der Waals surface area contributed by atoms with Crippen LogP contribution in [0, 0.1) is 11.7 Å². The Balaban J connectivity index is 1.74. The molecule has 2 fully saturated rings. The molecule has 0 radical (unpaired) electrons. The molecular weight excluding hydrogens is 317 g/mol. The Morgan fingerprint density at radius 2 is 1.96 bits per heavy atom. The van der Waals surface area contributed by atoms with E-state index >= 15 is 0 Å². The lowest BCUT2D eigenvalue weighted by Crippen LogP contribution is -2.70. The number of carbonyl (C=O) groups is 1. The molecular formula is C20H30FN3O. The summed E-state index contributed by atoms with van der Waals surface area (Å²) in [6, 6.07) is 6.60. The third-order valence-corrected chi connectivity index (χ3v) is 5.35. The van der Waals surface area contributed by atoms with E-state index in [1.807, 2.05) is 4.90 Å². The fourth-order valence-corrected chi connectivity index (χ4v) is 4.45. The lowest BCUT2D eigenvalue weighted by atomic mass is 9.92. The van der Waals surface area contributed by atoms with E-state index in [2.05, 4.69) is 37.5 Å². The number of rotatable bonds is 3. The third kappa shape index (κ3) is 3.87. The molecule has 0 aliphatic carbocycles. The van der Waals surface area contributed by atoms with E-state index in [1.54, 1.807) is 18.2 Å². The molecule has 0 spiro atoms.